The molecule has 0 saturated carbocycles. The van der Waals surface area contributed by atoms with Crippen LogP contribution in [0, 0.1) is 12.7 Å². The maximum Gasteiger partial charge on any atom is 0.165 e. The second-order valence-electron chi connectivity index (χ2n) is 2.91. The van der Waals surface area contributed by atoms with Crippen molar-refractivity contribution in [2.75, 3.05) is 5.73 Å². The van der Waals surface area contributed by atoms with E-state index in [9.17, 15) is 4.39 Å². The summed E-state index contributed by atoms with van der Waals surface area (Å²) in [6.45, 7) is 1.70. The fraction of sp³-hybridized carbons (Fsp3) is 0.111. The molecule has 0 atom stereocenters. The van der Waals surface area contributed by atoms with Gasteiger partial charge in [0, 0.05) is 5.56 Å². The molecule has 0 aliphatic carbocycles. The predicted molar refractivity (Wildman–Crippen MR) is 54.5 cm³/mol. The second kappa shape index (κ2) is 3.34. The topological polar surface area (TPSA) is 51.8 Å². The van der Waals surface area contributed by atoms with Crippen LogP contribution in [0.25, 0.3) is 11.3 Å². The summed E-state index contributed by atoms with van der Waals surface area (Å²) < 4.78 is 21.1. The SMILES string of the molecule is Cc1c(F)cccc1-c1nsnc1N. The van der Waals surface area contributed by atoms with Gasteiger partial charge < -0.3 is 5.73 Å². The van der Waals surface area contributed by atoms with Crippen LogP contribution >= 0.6 is 11.7 Å². The summed E-state index contributed by atoms with van der Waals surface area (Å²) in [5, 5.41) is 0. The number of nitrogen functional groups attached to an aromatic ring is 1. The number of rotatable bonds is 1. The van der Waals surface area contributed by atoms with E-state index in [0.717, 1.165) is 11.7 Å². The minimum atomic E-state index is -0.255. The Balaban J connectivity index is 2.63. The highest BCUT2D eigenvalue weighted by Crippen LogP contribution is 2.27. The molecule has 2 N–H and O–H groups in total. The van der Waals surface area contributed by atoms with Gasteiger partial charge in [0.2, 0.25) is 0 Å². The highest BCUT2D eigenvalue weighted by atomic mass is 32.1. The van der Waals surface area contributed by atoms with Crippen LogP contribution in [0.15, 0.2) is 18.2 Å². The van der Waals surface area contributed by atoms with Gasteiger partial charge in [0.05, 0.1) is 11.7 Å². The first-order valence-corrected chi connectivity index (χ1v) is 4.76. The Bertz CT molecular complexity index is 467. The molecule has 72 valence electrons. The zero-order valence-electron chi connectivity index (χ0n) is 7.49. The highest BCUT2D eigenvalue weighted by Gasteiger charge is 2.11. The van der Waals surface area contributed by atoms with Crippen molar-refractivity contribution in [3.05, 3.63) is 29.6 Å². The first kappa shape index (κ1) is 9.08. The summed E-state index contributed by atoms with van der Waals surface area (Å²) in [5.41, 5.74) is 7.42. The van der Waals surface area contributed by atoms with E-state index in [1.54, 1.807) is 19.1 Å². The largest absolute Gasteiger partial charge is 0.381 e. The average Bonchev–Trinajstić information content (AvgIpc) is 2.57. The van der Waals surface area contributed by atoms with Gasteiger partial charge in [0.25, 0.3) is 0 Å². The van der Waals surface area contributed by atoms with Gasteiger partial charge in [-0.3, -0.25) is 0 Å². The molecule has 2 aromatic rings. The lowest BCUT2D eigenvalue weighted by Crippen LogP contribution is -1.92. The lowest BCUT2D eigenvalue weighted by Gasteiger charge is -2.03. The average molecular weight is 209 g/mol. The first-order chi connectivity index (χ1) is 6.70. The molecule has 1 aromatic carbocycles. The van der Waals surface area contributed by atoms with Crippen molar-refractivity contribution in [1.82, 2.24) is 8.75 Å². The summed E-state index contributed by atoms with van der Waals surface area (Å²) in [4.78, 5) is 0. The van der Waals surface area contributed by atoms with E-state index >= 15 is 0 Å². The van der Waals surface area contributed by atoms with Crippen LogP contribution in [-0.4, -0.2) is 8.75 Å². The molecule has 0 aliphatic rings. The van der Waals surface area contributed by atoms with E-state index < -0.39 is 0 Å². The third kappa shape index (κ3) is 1.35. The zero-order chi connectivity index (χ0) is 10.1. The normalized spacial score (nSPS) is 10.4. The van der Waals surface area contributed by atoms with Crippen molar-refractivity contribution < 1.29 is 4.39 Å². The number of nitrogens with two attached hydrogens (primary N) is 1. The van der Waals surface area contributed by atoms with E-state index in [1.165, 1.54) is 6.07 Å². The van der Waals surface area contributed by atoms with Crippen LogP contribution in [0.3, 0.4) is 0 Å². The number of halogens is 1. The van der Waals surface area contributed by atoms with Gasteiger partial charge in [0.1, 0.15) is 11.5 Å². The molecule has 2 rings (SSSR count). The van der Waals surface area contributed by atoms with E-state index in [-0.39, 0.29) is 5.82 Å². The fourth-order valence-corrected chi connectivity index (χ4v) is 1.74. The molecule has 14 heavy (non-hydrogen) atoms. The van der Waals surface area contributed by atoms with Gasteiger partial charge >= 0.3 is 0 Å². The summed E-state index contributed by atoms with van der Waals surface area (Å²) in [7, 11) is 0. The fourth-order valence-electron chi connectivity index (χ4n) is 1.25. The first-order valence-electron chi connectivity index (χ1n) is 4.03. The Hall–Kier alpha value is -1.49. The molecule has 0 spiro atoms. The van der Waals surface area contributed by atoms with Gasteiger partial charge in [-0.05, 0) is 18.6 Å². The standard InChI is InChI=1S/C9H8FN3S/c1-5-6(3-2-4-7(5)10)8-9(11)13-14-12-8/h2-4H,1H3,(H2,11,13). The van der Waals surface area contributed by atoms with Gasteiger partial charge in [-0.1, -0.05) is 12.1 Å². The summed E-state index contributed by atoms with van der Waals surface area (Å²) >= 11 is 1.03. The Morgan fingerprint density at radius 1 is 1.36 bits per heavy atom. The van der Waals surface area contributed by atoms with Crippen LogP contribution in [-0.2, 0) is 0 Å². The lowest BCUT2D eigenvalue weighted by molar-refractivity contribution is 0.619. The molecule has 0 amide bonds. The molecule has 0 bridgehead atoms. The minimum absolute atomic E-state index is 0.255. The molecule has 1 heterocycles. The number of anilines is 1. The zero-order valence-corrected chi connectivity index (χ0v) is 8.31. The van der Waals surface area contributed by atoms with Crippen molar-refractivity contribution in [3.63, 3.8) is 0 Å². The smallest absolute Gasteiger partial charge is 0.165 e. The molecule has 1 aromatic heterocycles. The number of hydrogen-bond acceptors (Lipinski definition) is 4. The maximum atomic E-state index is 13.2. The van der Waals surface area contributed by atoms with Crippen LogP contribution in [0.5, 0.6) is 0 Å². The maximum absolute atomic E-state index is 13.2. The van der Waals surface area contributed by atoms with Crippen molar-refractivity contribution in [3.8, 4) is 11.3 Å². The van der Waals surface area contributed by atoms with Crippen LogP contribution in [0.1, 0.15) is 5.56 Å². The van der Waals surface area contributed by atoms with Gasteiger partial charge in [0.15, 0.2) is 5.82 Å². The summed E-state index contributed by atoms with van der Waals surface area (Å²) in [6.07, 6.45) is 0. The molecule has 0 aliphatic heterocycles. The van der Waals surface area contributed by atoms with E-state index in [0.29, 0.717) is 22.6 Å². The number of hydrogen-bond donors (Lipinski definition) is 1. The molecule has 0 saturated heterocycles. The lowest BCUT2D eigenvalue weighted by atomic mass is 10.1. The third-order valence-electron chi connectivity index (χ3n) is 2.04. The number of aromatic nitrogens is 2. The predicted octanol–water partition coefficient (Wildman–Crippen LogP) is 2.23. The summed E-state index contributed by atoms with van der Waals surface area (Å²) in [5.74, 6) is 0.0959. The van der Waals surface area contributed by atoms with Gasteiger partial charge in [-0.2, -0.15) is 8.75 Å². The van der Waals surface area contributed by atoms with Crippen molar-refractivity contribution in [2.24, 2.45) is 0 Å². The van der Waals surface area contributed by atoms with E-state index in [2.05, 4.69) is 8.75 Å². The molecular formula is C9H8FN3S. The molecular weight excluding hydrogens is 201 g/mol. The molecule has 0 unspecified atom stereocenters. The molecule has 0 radical (unpaired) electrons. The Morgan fingerprint density at radius 2 is 2.14 bits per heavy atom. The van der Waals surface area contributed by atoms with Crippen LogP contribution < -0.4 is 5.73 Å². The number of benzene rings is 1. The number of nitrogens with zero attached hydrogens (tertiary/aromatic N) is 2. The van der Waals surface area contributed by atoms with Crippen LogP contribution in [0.4, 0.5) is 10.2 Å². The van der Waals surface area contributed by atoms with Gasteiger partial charge in [-0.25, -0.2) is 4.39 Å². The second-order valence-corrected chi connectivity index (χ2v) is 3.44. The Kier molecular flexibility index (Phi) is 2.17. The molecule has 5 heteroatoms. The van der Waals surface area contributed by atoms with E-state index in [4.69, 9.17) is 5.73 Å². The quantitative estimate of drug-likeness (QED) is 0.783. The Morgan fingerprint density at radius 3 is 2.79 bits per heavy atom. The van der Waals surface area contributed by atoms with Crippen molar-refractivity contribution in [2.45, 2.75) is 6.92 Å². The summed E-state index contributed by atoms with van der Waals surface area (Å²) in [6, 6.07) is 4.83. The third-order valence-corrected chi connectivity index (χ3v) is 2.58. The van der Waals surface area contributed by atoms with E-state index in [1.807, 2.05) is 0 Å². The van der Waals surface area contributed by atoms with Crippen molar-refractivity contribution >= 4 is 17.5 Å². The molecule has 3 nitrogen and oxygen atoms in total. The monoisotopic (exact) mass is 209 g/mol. The van der Waals surface area contributed by atoms with Gasteiger partial charge in [-0.15, -0.1) is 0 Å². The highest BCUT2D eigenvalue weighted by molar-refractivity contribution is 6.99. The molecule has 0 fully saturated rings. The Labute approximate surface area is 84.7 Å². The minimum Gasteiger partial charge on any atom is -0.381 e. The van der Waals surface area contributed by atoms with Crippen molar-refractivity contribution in [1.29, 1.82) is 0 Å². The van der Waals surface area contributed by atoms with Crippen LogP contribution in [0.2, 0.25) is 0 Å².